The molecule has 122 valence electrons. The highest BCUT2D eigenvalue weighted by atomic mass is 32.1. The highest BCUT2D eigenvalue weighted by Gasteiger charge is 2.14. The van der Waals surface area contributed by atoms with E-state index < -0.39 is 6.10 Å². The van der Waals surface area contributed by atoms with E-state index in [9.17, 15) is 4.79 Å². The fourth-order valence-corrected chi connectivity index (χ4v) is 3.05. The molecule has 0 aliphatic rings. The Labute approximate surface area is 144 Å². The zero-order chi connectivity index (χ0) is 16.9. The summed E-state index contributed by atoms with van der Waals surface area (Å²) < 4.78 is 5.71. The van der Waals surface area contributed by atoms with E-state index >= 15 is 0 Å². The molecule has 0 radical (unpaired) electrons. The van der Waals surface area contributed by atoms with E-state index in [1.54, 1.807) is 24.5 Å². The van der Waals surface area contributed by atoms with Crippen molar-refractivity contribution in [3.05, 3.63) is 64.4 Å². The number of rotatable bonds is 5. The number of ether oxygens (including phenoxy) is 1. The number of amides is 1. The fraction of sp³-hybridized carbons (Fsp3) is 0.158. The summed E-state index contributed by atoms with van der Waals surface area (Å²) >= 11 is 1.58. The lowest BCUT2D eigenvalue weighted by atomic mass is 10.1. The van der Waals surface area contributed by atoms with Crippen molar-refractivity contribution in [3.8, 4) is 5.75 Å². The van der Waals surface area contributed by atoms with Gasteiger partial charge >= 0.3 is 0 Å². The monoisotopic (exact) mass is 338 g/mol. The molecule has 0 saturated heterocycles. The molecule has 0 fully saturated rings. The van der Waals surface area contributed by atoms with Crippen LogP contribution in [0.5, 0.6) is 5.75 Å². The lowest BCUT2D eigenvalue weighted by molar-refractivity contribution is -0.127. The maximum Gasteiger partial charge on any atom is 0.280 e. The molecule has 0 saturated carbocycles. The molecule has 4 nitrogen and oxygen atoms in total. The number of carbonyl (C=O) groups excluding carboxylic acids is 1. The Balaban J connectivity index is 1.60. The molecule has 0 spiro atoms. The van der Waals surface area contributed by atoms with Crippen LogP contribution in [0.4, 0.5) is 0 Å². The van der Waals surface area contributed by atoms with E-state index in [0.29, 0.717) is 5.75 Å². The number of hydrogen-bond donors (Lipinski definition) is 1. The summed E-state index contributed by atoms with van der Waals surface area (Å²) in [5.74, 6) is 0.378. The molecule has 24 heavy (non-hydrogen) atoms. The Morgan fingerprint density at radius 2 is 2.00 bits per heavy atom. The van der Waals surface area contributed by atoms with Gasteiger partial charge in [0.25, 0.3) is 5.91 Å². The largest absolute Gasteiger partial charge is 0.481 e. The summed E-state index contributed by atoms with van der Waals surface area (Å²) in [5, 5.41) is 8.20. The van der Waals surface area contributed by atoms with Crippen LogP contribution in [0.15, 0.2) is 59.0 Å². The maximum atomic E-state index is 12.1. The number of aryl methyl sites for hydroxylation is 1. The van der Waals surface area contributed by atoms with Crippen LogP contribution < -0.4 is 10.2 Å². The SMILES string of the molecule is Cc1ccsc1/C=N\NC(=O)[C@@H](C)Oc1ccc2ccccc2c1. The van der Waals surface area contributed by atoms with Crippen molar-refractivity contribution >= 4 is 34.2 Å². The minimum atomic E-state index is -0.632. The first-order chi connectivity index (χ1) is 11.6. The van der Waals surface area contributed by atoms with E-state index in [1.165, 1.54) is 0 Å². The van der Waals surface area contributed by atoms with Crippen molar-refractivity contribution in [2.24, 2.45) is 5.10 Å². The van der Waals surface area contributed by atoms with Crippen LogP contribution in [0, 0.1) is 6.92 Å². The number of thiophene rings is 1. The van der Waals surface area contributed by atoms with Gasteiger partial charge < -0.3 is 4.74 Å². The molecule has 2 aromatic carbocycles. The number of nitrogens with zero attached hydrogens (tertiary/aromatic N) is 1. The van der Waals surface area contributed by atoms with Crippen LogP contribution in [0.3, 0.4) is 0 Å². The summed E-state index contributed by atoms with van der Waals surface area (Å²) in [6, 6.07) is 15.8. The Morgan fingerprint density at radius 3 is 2.75 bits per heavy atom. The van der Waals surface area contributed by atoms with Crippen molar-refractivity contribution in [2.75, 3.05) is 0 Å². The van der Waals surface area contributed by atoms with Gasteiger partial charge in [0, 0.05) is 4.88 Å². The molecular weight excluding hydrogens is 320 g/mol. The van der Waals surface area contributed by atoms with Crippen LogP contribution in [0.2, 0.25) is 0 Å². The van der Waals surface area contributed by atoms with Crippen LogP contribution in [-0.2, 0) is 4.79 Å². The Hall–Kier alpha value is -2.66. The summed E-state index contributed by atoms with van der Waals surface area (Å²) in [5.41, 5.74) is 3.65. The molecule has 0 unspecified atom stereocenters. The third kappa shape index (κ3) is 3.81. The van der Waals surface area contributed by atoms with Crippen LogP contribution in [-0.4, -0.2) is 18.2 Å². The molecule has 3 aromatic rings. The molecule has 0 aliphatic carbocycles. The molecule has 3 rings (SSSR count). The predicted molar refractivity (Wildman–Crippen MR) is 98.8 cm³/mol. The first-order valence-corrected chi connectivity index (χ1v) is 8.54. The number of hydrazone groups is 1. The first-order valence-electron chi connectivity index (χ1n) is 7.66. The first kappa shape index (κ1) is 16.2. The van der Waals surface area contributed by atoms with Gasteiger partial charge in [0.1, 0.15) is 5.75 Å². The normalized spacial score (nSPS) is 12.4. The number of fused-ring (bicyclic) bond motifs is 1. The van der Waals surface area contributed by atoms with Gasteiger partial charge in [0.15, 0.2) is 6.10 Å². The summed E-state index contributed by atoms with van der Waals surface area (Å²) in [4.78, 5) is 13.1. The minimum absolute atomic E-state index is 0.284. The highest BCUT2D eigenvalue weighted by Crippen LogP contribution is 2.21. The third-order valence-electron chi connectivity index (χ3n) is 3.66. The zero-order valence-electron chi connectivity index (χ0n) is 13.5. The van der Waals surface area contributed by atoms with Crippen molar-refractivity contribution in [3.63, 3.8) is 0 Å². The second-order valence-corrected chi connectivity index (χ2v) is 6.42. The lowest BCUT2D eigenvalue weighted by Gasteiger charge is -2.13. The second kappa shape index (κ2) is 7.27. The molecule has 5 heteroatoms. The number of hydrogen-bond acceptors (Lipinski definition) is 4. The maximum absolute atomic E-state index is 12.1. The molecule has 0 bridgehead atoms. The summed E-state index contributed by atoms with van der Waals surface area (Å²) in [7, 11) is 0. The molecule has 1 atom stereocenters. The van der Waals surface area contributed by atoms with E-state index in [1.807, 2.05) is 60.8 Å². The van der Waals surface area contributed by atoms with E-state index in [0.717, 1.165) is 21.2 Å². The van der Waals surface area contributed by atoms with Gasteiger partial charge in [-0.1, -0.05) is 30.3 Å². The van der Waals surface area contributed by atoms with E-state index in [4.69, 9.17) is 4.74 Å². The standard InChI is InChI=1S/C19H18N2O2S/c1-13-9-10-24-18(13)12-20-21-19(22)14(2)23-17-8-7-15-5-3-4-6-16(15)11-17/h3-12,14H,1-2H3,(H,21,22)/b20-12-/t14-/m1/s1. The number of nitrogens with one attached hydrogen (secondary N) is 1. The van der Waals surface area contributed by atoms with Gasteiger partial charge in [-0.2, -0.15) is 5.10 Å². The van der Waals surface area contributed by atoms with Crippen molar-refractivity contribution in [1.82, 2.24) is 5.43 Å². The predicted octanol–water partition coefficient (Wildman–Crippen LogP) is 4.13. The third-order valence-corrected chi connectivity index (χ3v) is 4.61. The lowest BCUT2D eigenvalue weighted by Crippen LogP contribution is -2.33. The molecule has 1 N–H and O–H groups in total. The van der Waals surface area contributed by atoms with Crippen LogP contribution in [0.25, 0.3) is 10.8 Å². The van der Waals surface area contributed by atoms with Crippen LogP contribution in [0.1, 0.15) is 17.4 Å². The topological polar surface area (TPSA) is 50.7 Å². The minimum Gasteiger partial charge on any atom is -0.481 e. The molecular formula is C19H18N2O2S. The highest BCUT2D eigenvalue weighted by molar-refractivity contribution is 7.11. The van der Waals surface area contributed by atoms with Gasteiger partial charge in [-0.15, -0.1) is 11.3 Å². The molecule has 1 amide bonds. The Kier molecular flexibility index (Phi) is 4.91. The molecule has 1 aromatic heterocycles. The van der Waals surface area contributed by atoms with E-state index in [-0.39, 0.29) is 5.91 Å². The van der Waals surface area contributed by atoms with Gasteiger partial charge in [-0.3, -0.25) is 4.79 Å². The Morgan fingerprint density at radius 1 is 1.21 bits per heavy atom. The van der Waals surface area contributed by atoms with Gasteiger partial charge in [0.2, 0.25) is 0 Å². The average Bonchev–Trinajstić information content (AvgIpc) is 2.99. The Bertz CT molecular complexity index is 886. The zero-order valence-corrected chi connectivity index (χ0v) is 14.3. The molecule has 1 heterocycles. The average molecular weight is 338 g/mol. The fourth-order valence-electron chi connectivity index (χ4n) is 2.26. The summed E-state index contributed by atoms with van der Waals surface area (Å²) in [6.45, 7) is 3.71. The smallest absolute Gasteiger partial charge is 0.280 e. The van der Waals surface area contributed by atoms with Crippen LogP contribution >= 0.6 is 11.3 Å². The number of carbonyl (C=O) groups is 1. The molecule has 0 aliphatic heterocycles. The quantitative estimate of drug-likeness (QED) is 0.562. The second-order valence-electron chi connectivity index (χ2n) is 5.47. The van der Waals surface area contributed by atoms with Gasteiger partial charge in [-0.05, 0) is 53.8 Å². The van der Waals surface area contributed by atoms with Gasteiger partial charge in [-0.25, -0.2) is 5.43 Å². The summed E-state index contributed by atoms with van der Waals surface area (Å²) in [6.07, 6.45) is 1.02. The van der Waals surface area contributed by atoms with E-state index in [2.05, 4.69) is 10.5 Å². The van der Waals surface area contributed by atoms with Crippen molar-refractivity contribution in [1.29, 1.82) is 0 Å². The van der Waals surface area contributed by atoms with Crippen molar-refractivity contribution < 1.29 is 9.53 Å². The number of benzene rings is 2. The van der Waals surface area contributed by atoms with Gasteiger partial charge in [0.05, 0.1) is 6.21 Å². The van der Waals surface area contributed by atoms with Crippen molar-refractivity contribution in [2.45, 2.75) is 20.0 Å².